The zero-order valence-electron chi connectivity index (χ0n) is 10.0. The van der Waals surface area contributed by atoms with Crippen LogP contribution < -0.4 is 4.74 Å². The highest BCUT2D eigenvalue weighted by molar-refractivity contribution is 5.45. The van der Waals surface area contributed by atoms with Crippen LogP contribution in [0, 0.1) is 11.6 Å². The quantitative estimate of drug-likeness (QED) is 0.613. The van der Waals surface area contributed by atoms with E-state index in [9.17, 15) is 13.6 Å². The predicted molar refractivity (Wildman–Crippen MR) is 61.2 cm³/mol. The summed E-state index contributed by atoms with van der Waals surface area (Å²) < 4.78 is 31.6. The number of carbonyl (C=O) groups excluding carboxylic acids is 1. The largest absolute Gasteiger partial charge is 0.496 e. The lowest BCUT2D eigenvalue weighted by molar-refractivity contribution is 0.370. The molecule has 0 aromatic heterocycles. The van der Waals surface area contributed by atoms with Crippen molar-refractivity contribution in [3.05, 3.63) is 29.3 Å². The van der Waals surface area contributed by atoms with Gasteiger partial charge in [0.2, 0.25) is 6.08 Å². The topological polar surface area (TPSA) is 38.7 Å². The molecule has 0 spiro atoms. The fourth-order valence-corrected chi connectivity index (χ4v) is 2.55. The van der Waals surface area contributed by atoms with E-state index in [-0.39, 0.29) is 5.75 Å². The first-order valence-corrected chi connectivity index (χ1v) is 5.75. The molecule has 1 aliphatic carbocycles. The maximum absolute atomic E-state index is 13.4. The summed E-state index contributed by atoms with van der Waals surface area (Å²) in [5, 5.41) is 0. The highest BCUT2D eigenvalue weighted by Crippen LogP contribution is 2.46. The number of hydrogen-bond acceptors (Lipinski definition) is 3. The molecule has 1 aromatic rings. The Kier molecular flexibility index (Phi) is 3.43. The Morgan fingerprint density at radius 1 is 1.28 bits per heavy atom. The fraction of sp³-hybridized carbons (Fsp3) is 0.462. The summed E-state index contributed by atoms with van der Waals surface area (Å²) in [4.78, 5) is 14.4. The van der Waals surface area contributed by atoms with Gasteiger partial charge in [-0.1, -0.05) is 12.8 Å². The zero-order valence-corrected chi connectivity index (χ0v) is 10.0. The van der Waals surface area contributed by atoms with Crippen LogP contribution >= 0.6 is 0 Å². The first-order chi connectivity index (χ1) is 8.63. The third-order valence-corrected chi connectivity index (χ3v) is 3.43. The molecular formula is C13H13F2NO2. The minimum absolute atomic E-state index is 0.217. The van der Waals surface area contributed by atoms with Crippen molar-refractivity contribution in [2.75, 3.05) is 7.11 Å². The smallest absolute Gasteiger partial charge is 0.235 e. The summed E-state index contributed by atoms with van der Waals surface area (Å²) in [6, 6.07) is 2.06. The number of isocyanates is 1. The van der Waals surface area contributed by atoms with Gasteiger partial charge in [-0.3, -0.25) is 0 Å². The number of ether oxygens (including phenoxy) is 1. The van der Waals surface area contributed by atoms with Gasteiger partial charge in [-0.2, -0.15) is 4.99 Å². The summed E-state index contributed by atoms with van der Waals surface area (Å²) in [6.07, 6.45) is 4.53. The molecule has 0 N–H and O–H groups in total. The van der Waals surface area contributed by atoms with Gasteiger partial charge in [-0.05, 0) is 18.9 Å². The molecule has 18 heavy (non-hydrogen) atoms. The van der Waals surface area contributed by atoms with Gasteiger partial charge in [0.15, 0.2) is 11.6 Å². The van der Waals surface area contributed by atoms with E-state index in [1.54, 1.807) is 0 Å². The number of hydrogen-bond donors (Lipinski definition) is 0. The maximum atomic E-state index is 13.4. The first-order valence-electron chi connectivity index (χ1n) is 5.75. The summed E-state index contributed by atoms with van der Waals surface area (Å²) in [5.41, 5.74) is -0.397. The van der Waals surface area contributed by atoms with Crippen molar-refractivity contribution >= 4 is 6.08 Å². The molecule has 0 unspecified atom stereocenters. The Hall–Kier alpha value is -1.74. The second kappa shape index (κ2) is 4.86. The van der Waals surface area contributed by atoms with Crippen molar-refractivity contribution in [1.82, 2.24) is 0 Å². The lowest BCUT2D eigenvalue weighted by Crippen LogP contribution is -2.20. The van der Waals surface area contributed by atoms with Gasteiger partial charge < -0.3 is 4.74 Å². The summed E-state index contributed by atoms with van der Waals surface area (Å²) in [6.45, 7) is 0. The number of nitrogens with zero attached hydrogens (tertiary/aromatic N) is 1. The maximum Gasteiger partial charge on any atom is 0.235 e. The van der Waals surface area contributed by atoms with Gasteiger partial charge in [0.1, 0.15) is 11.3 Å². The van der Waals surface area contributed by atoms with Gasteiger partial charge in [0, 0.05) is 11.6 Å². The van der Waals surface area contributed by atoms with Crippen LogP contribution in [0.3, 0.4) is 0 Å². The molecule has 1 aliphatic rings. The van der Waals surface area contributed by atoms with Crippen LogP contribution in [0.1, 0.15) is 31.2 Å². The van der Waals surface area contributed by atoms with E-state index in [2.05, 4.69) is 4.99 Å². The van der Waals surface area contributed by atoms with Gasteiger partial charge in [0.05, 0.1) is 7.11 Å². The average molecular weight is 253 g/mol. The van der Waals surface area contributed by atoms with E-state index in [0.717, 1.165) is 25.0 Å². The van der Waals surface area contributed by atoms with Crippen LogP contribution in [0.4, 0.5) is 8.78 Å². The molecule has 0 atom stereocenters. The number of methoxy groups -OCH3 is 1. The molecule has 1 saturated carbocycles. The number of aliphatic imine (C=N–C) groups is 1. The Labute approximate surface area is 103 Å². The molecule has 0 bridgehead atoms. The predicted octanol–water partition coefficient (Wildman–Crippen LogP) is 3.08. The van der Waals surface area contributed by atoms with Crippen LogP contribution in [0.25, 0.3) is 0 Å². The molecule has 2 rings (SSSR count). The van der Waals surface area contributed by atoms with E-state index in [0.29, 0.717) is 18.4 Å². The van der Waals surface area contributed by atoms with E-state index in [1.807, 2.05) is 0 Å². The number of benzene rings is 1. The monoisotopic (exact) mass is 253 g/mol. The van der Waals surface area contributed by atoms with E-state index in [1.165, 1.54) is 13.2 Å². The number of halogens is 2. The molecule has 0 amide bonds. The van der Waals surface area contributed by atoms with Crippen LogP contribution in [0.15, 0.2) is 17.1 Å². The second-order valence-corrected chi connectivity index (χ2v) is 4.41. The summed E-state index contributed by atoms with van der Waals surface area (Å²) in [5.74, 6) is -1.72. The standard InChI is InChI=1S/C13H13F2NO2/c1-18-12-7-11(15)10(14)6-9(12)13(16-8-17)4-2-3-5-13/h6-7H,2-5H2,1H3. The van der Waals surface area contributed by atoms with E-state index in [4.69, 9.17) is 4.74 Å². The lowest BCUT2D eigenvalue weighted by Gasteiger charge is -2.25. The molecule has 3 nitrogen and oxygen atoms in total. The average Bonchev–Trinajstić information content (AvgIpc) is 2.82. The molecule has 0 aliphatic heterocycles. The van der Waals surface area contributed by atoms with Crippen LogP contribution in [0.2, 0.25) is 0 Å². The van der Waals surface area contributed by atoms with Crippen molar-refractivity contribution < 1.29 is 18.3 Å². The Morgan fingerprint density at radius 2 is 1.89 bits per heavy atom. The van der Waals surface area contributed by atoms with Crippen molar-refractivity contribution in [2.24, 2.45) is 4.99 Å². The van der Waals surface area contributed by atoms with Gasteiger partial charge in [-0.25, -0.2) is 13.6 Å². The Bertz CT molecular complexity index is 504. The van der Waals surface area contributed by atoms with Crippen LogP contribution in [0.5, 0.6) is 5.75 Å². The fourth-order valence-electron chi connectivity index (χ4n) is 2.55. The highest BCUT2D eigenvalue weighted by Gasteiger charge is 2.38. The van der Waals surface area contributed by atoms with Gasteiger partial charge >= 0.3 is 0 Å². The highest BCUT2D eigenvalue weighted by atomic mass is 19.2. The summed E-state index contributed by atoms with van der Waals surface area (Å²) >= 11 is 0. The third-order valence-electron chi connectivity index (χ3n) is 3.43. The molecule has 1 fully saturated rings. The Balaban J connectivity index is 2.60. The normalized spacial score (nSPS) is 17.3. The van der Waals surface area contributed by atoms with E-state index >= 15 is 0 Å². The van der Waals surface area contributed by atoms with Crippen molar-refractivity contribution in [2.45, 2.75) is 31.2 Å². The van der Waals surface area contributed by atoms with Gasteiger partial charge in [0.25, 0.3) is 0 Å². The minimum Gasteiger partial charge on any atom is -0.496 e. The summed E-state index contributed by atoms with van der Waals surface area (Å²) in [7, 11) is 1.38. The van der Waals surface area contributed by atoms with Crippen molar-refractivity contribution in [3.63, 3.8) is 0 Å². The SMILES string of the molecule is COc1cc(F)c(F)cc1C1(N=C=O)CCCC1. The van der Waals surface area contributed by atoms with Crippen molar-refractivity contribution in [1.29, 1.82) is 0 Å². The van der Waals surface area contributed by atoms with E-state index < -0.39 is 17.2 Å². The molecule has 96 valence electrons. The minimum atomic E-state index is -0.973. The first kappa shape index (κ1) is 12.7. The zero-order chi connectivity index (χ0) is 13.2. The lowest BCUT2D eigenvalue weighted by atomic mass is 9.88. The number of rotatable bonds is 3. The molecule has 0 heterocycles. The Morgan fingerprint density at radius 3 is 2.44 bits per heavy atom. The van der Waals surface area contributed by atoms with Crippen LogP contribution in [-0.2, 0) is 10.3 Å². The second-order valence-electron chi connectivity index (χ2n) is 4.41. The van der Waals surface area contributed by atoms with Crippen molar-refractivity contribution in [3.8, 4) is 5.75 Å². The molecular weight excluding hydrogens is 240 g/mol. The van der Waals surface area contributed by atoms with Gasteiger partial charge in [-0.15, -0.1) is 0 Å². The third kappa shape index (κ3) is 2.02. The molecule has 0 saturated heterocycles. The van der Waals surface area contributed by atoms with Crippen LogP contribution in [-0.4, -0.2) is 13.2 Å². The molecule has 5 heteroatoms. The molecule has 1 aromatic carbocycles. The molecule has 0 radical (unpaired) electrons.